The van der Waals surface area contributed by atoms with E-state index in [9.17, 15) is 9.90 Å². The van der Waals surface area contributed by atoms with E-state index in [4.69, 9.17) is 5.26 Å². The van der Waals surface area contributed by atoms with Gasteiger partial charge in [-0.05, 0) is 56.9 Å². The Morgan fingerprint density at radius 3 is 2.76 bits per heavy atom. The van der Waals surface area contributed by atoms with Crippen LogP contribution in [0.15, 0.2) is 18.2 Å². The summed E-state index contributed by atoms with van der Waals surface area (Å²) >= 11 is 0. The molecule has 0 saturated carbocycles. The van der Waals surface area contributed by atoms with Crippen LogP contribution in [0.3, 0.4) is 0 Å². The first kappa shape index (κ1) is 19.4. The van der Waals surface area contributed by atoms with Gasteiger partial charge in [0.2, 0.25) is 5.91 Å². The van der Waals surface area contributed by atoms with E-state index in [0.29, 0.717) is 13.0 Å². The molecule has 1 saturated heterocycles. The van der Waals surface area contributed by atoms with E-state index in [1.165, 1.54) is 5.56 Å². The first-order valence-corrected chi connectivity index (χ1v) is 9.09. The van der Waals surface area contributed by atoms with Crippen molar-refractivity contribution in [3.63, 3.8) is 0 Å². The lowest BCUT2D eigenvalue weighted by Crippen LogP contribution is -2.52. The highest BCUT2D eigenvalue weighted by Crippen LogP contribution is 2.24. The number of amides is 1. The Balaban J connectivity index is 2.20. The largest absolute Gasteiger partial charge is 0.395 e. The fourth-order valence-corrected chi connectivity index (χ4v) is 3.52. The van der Waals surface area contributed by atoms with Crippen LogP contribution in [0.5, 0.6) is 0 Å². The molecule has 5 heteroatoms. The minimum atomic E-state index is -0.00861. The van der Waals surface area contributed by atoms with Crippen molar-refractivity contribution in [3.8, 4) is 6.07 Å². The highest BCUT2D eigenvalue weighted by molar-refractivity contribution is 5.95. The first-order valence-electron chi connectivity index (χ1n) is 9.09. The van der Waals surface area contributed by atoms with Crippen LogP contribution in [-0.4, -0.2) is 47.7 Å². The van der Waals surface area contributed by atoms with Gasteiger partial charge < -0.3 is 10.0 Å². The molecule has 2 atom stereocenters. The highest BCUT2D eigenvalue weighted by atomic mass is 16.3. The zero-order chi connectivity index (χ0) is 18.4. The van der Waals surface area contributed by atoms with Crippen molar-refractivity contribution in [2.24, 2.45) is 0 Å². The molecule has 2 rings (SSSR count). The molecule has 0 aromatic heterocycles. The van der Waals surface area contributed by atoms with E-state index >= 15 is 0 Å². The number of nitriles is 1. The molecule has 1 aromatic rings. The van der Waals surface area contributed by atoms with E-state index in [0.717, 1.165) is 30.5 Å². The molecule has 5 nitrogen and oxygen atoms in total. The molecule has 0 bridgehead atoms. The van der Waals surface area contributed by atoms with Crippen LogP contribution in [0, 0.1) is 25.2 Å². The van der Waals surface area contributed by atoms with Gasteiger partial charge in [0.15, 0.2) is 0 Å². The van der Waals surface area contributed by atoms with E-state index < -0.39 is 0 Å². The van der Waals surface area contributed by atoms with Gasteiger partial charge in [-0.15, -0.1) is 0 Å². The Kier molecular flexibility index (Phi) is 6.98. The van der Waals surface area contributed by atoms with Crippen molar-refractivity contribution < 1.29 is 9.90 Å². The Morgan fingerprint density at radius 2 is 2.12 bits per heavy atom. The normalized spacial score (nSPS) is 20.9. The minimum absolute atomic E-state index is 0.00861. The van der Waals surface area contributed by atoms with Crippen LogP contribution in [0.2, 0.25) is 0 Å². The molecule has 1 N–H and O–H groups in total. The summed E-state index contributed by atoms with van der Waals surface area (Å²) in [6.45, 7) is 6.95. The highest BCUT2D eigenvalue weighted by Gasteiger charge is 2.30. The molecule has 1 heterocycles. The number of anilines is 1. The van der Waals surface area contributed by atoms with Crippen molar-refractivity contribution >= 4 is 11.6 Å². The van der Waals surface area contributed by atoms with Crippen LogP contribution in [0.1, 0.15) is 43.7 Å². The second-order valence-corrected chi connectivity index (χ2v) is 7.01. The topological polar surface area (TPSA) is 67.6 Å². The van der Waals surface area contributed by atoms with Crippen molar-refractivity contribution in [1.82, 2.24) is 4.90 Å². The summed E-state index contributed by atoms with van der Waals surface area (Å²) in [5.74, 6) is -0.00861. The number of likely N-dealkylation sites (tertiary alicyclic amines) is 1. The Bertz CT molecular complexity index is 638. The lowest BCUT2D eigenvalue weighted by atomic mass is 9.97. The van der Waals surface area contributed by atoms with Gasteiger partial charge in [-0.2, -0.15) is 5.26 Å². The molecule has 0 spiro atoms. The fraction of sp³-hybridized carbons (Fsp3) is 0.600. The molecule has 1 aliphatic heterocycles. The number of rotatable bonds is 6. The number of aryl methyl sites for hydroxylation is 2. The lowest BCUT2D eigenvalue weighted by molar-refractivity contribution is -0.121. The third kappa shape index (κ3) is 4.81. The summed E-state index contributed by atoms with van der Waals surface area (Å²) in [4.78, 5) is 16.8. The molecule has 1 fully saturated rings. The zero-order valence-corrected chi connectivity index (χ0v) is 15.5. The molecule has 1 aliphatic rings. The van der Waals surface area contributed by atoms with Crippen molar-refractivity contribution in [2.45, 2.75) is 58.5 Å². The van der Waals surface area contributed by atoms with Gasteiger partial charge >= 0.3 is 0 Å². The van der Waals surface area contributed by atoms with Gasteiger partial charge in [-0.1, -0.05) is 12.5 Å². The number of hydrogen-bond donors (Lipinski definition) is 1. The number of aliphatic hydroxyl groups is 1. The molecular formula is C20H29N3O2. The lowest BCUT2D eigenvalue weighted by Gasteiger charge is -2.40. The Morgan fingerprint density at radius 1 is 1.36 bits per heavy atom. The maximum absolute atomic E-state index is 13.0. The Labute approximate surface area is 150 Å². The first-order chi connectivity index (χ1) is 12.0. The molecule has 0 radical (unpaired) electrons. The van der Waals surface area contributed by atoms with Crippen molar-refractivity contribution in [1.29, 1.82) is 5.26 Å². The predicted octanol–water partition coefficient (Wildman–Crippen LogP) is 2.79. The van der Waals surface area contributed by atoms with E-state index in [2.05, 4.69) is 17.9 Å². The summed E-state index contributed by atoms with van der Waals surface area (Å²) in [5.41, 5.74) is 3.15. The number of carbonyl (C=O) groups excluding carboxylic acids is 1. The van der Waals surface area contributed by atoms with Crippen molar-refractivity contribution in [3.05, 3.63) is 29.3 Å². The molecule has 25 heavy (non-hydrogen) atoms. The van der Waals surface area contributed by atoms with Crippen LogP contribution >= 0.6 is 0 Å². The quantitative estimate of drug-likeness (QED) is 0.862. The summed E-state index contributed by atoms with van der Waals surface area (Å²) in [6.07, 6.45) is 3.37. The van der Waals surface area contributed by atoms with Gasteiger partial charge in [0.05, 0.1) is 25.6 Å². The van der Waals surface area contributed by atoms with Gasteiger partial charge in [0.1, 0.15) is 0 Å². The van der Waals surface area contributed by atoms with Gasteiger partial charge in [0, 0.05) is 24.3 Å². The van der Waals surface area contributed by atoms with Crippen molar-refractivity contribution in [2.75, 3.05) is 24.6 Å². The maximum atomic E-state index is 13.0. The number of piperidine rings is 1. The van der Waals surface area contributed by atoms with Crippen LogP contribution in [0.25, 0.3) is 0 Å². The summed E-state index contributed by atoms with van der Waals surface area (Å²) in [7, 11) is 0. The molecule has 1 amide bonds. The van der Waals surface area contributed by atoms with Gasteiger partial charge in [0.25, 0.3) is 0 Å². The number of nitrogens with zero attached hydrogens (tertiary/aromatic N) is 3. The van der Waals surface area contributed by atoms with Crippen LogP contribution < -0.4 is 4.90 Å². The fourth-order valence-electron chi connectivity index (χ4n) is 3.52. The average molecular weight is 343 g/mol. The summed E-state index contributed by atoms with van der Waals surface area (Å²) < 4.78 is 0. The van der Waals surface area contributed by atoms with Crippen LogP contribution in [-0.2, 0) is 4.79 Å². The predicted molar refractivity (Wildman–Crippen MR) is 99.4 cm³/mol. The SMILES string of the molecule is Cc1ccc(N(CCC#N)C(=O)CN2C(C)CCCC2CO)cc1C. The maximum Gasteiger partial charge on any atom is 0.241 e. The Hall–Kier alpha value is -1.90. The third-order valence-corrected chi connectivity index (χ3v) is 5.27. The zero-order valence-electron chi connectivity index (χ0n) is 15.5. The summed E-state index contributed by atoms with van der Waals surface area (Å²) in [5, 5.41) is 18.6. The monoisotopic (exact) mass is 343 g/mol. The van der Waals surface area contributed by atoms with E-state index in [-0.39, 0.29) is 31.1 Å². The molecule has 2 unspecified atom stereocenters. The number of benzene rings is 1. The van der Waals surface area contributed by atoms with Gasteiger partial charge in [-0.25, -0.2) is 0 Å². The number of hydrogen-bond acceptors (Lipinski definition) is 4. The standard InChI is InChI=1S/C20H29N3O2/c1-15-8-9-18(12-16(15)2)22(11-5-10-21)20(25)13-23-17(3)6-4-7-19(23)14-24/h8-9,12,17,19,24H,4-7,11,13-14H2,1-3H3. The average Bonchev–Trinajstić information content (AvgIpc) is 2.60. The molecule has 0 aliphatic carbocycles. The number of carbonyl (C=O) groups is 1. The molecule has 1 aromatic carbocycles. The van der Waals surface area contributed by atoms with Crippen LogP contribution in [0.4, 0.5) is 5.69 Å². The smallest absolute Gasteiger partial charge is 0.241 e. The molecular weight excluding hydrogens is 314 g/mol. The third-order valence-electron chi connectivity index (χ3n) is 5.27. The minimum Gasteiger partial charge on any atom is -0.395 e. The second kappa shape index (κ2) is 8.98. The van der Waals surface area contributed by atoms with E-state index in [1.807, 2.05) is 32.0 Å². The van der Waals surface area contributed by atoms with Gasteiger partial charge in [-0.3, -0.25) is 9.69 Å². The van der Waals surface area contributed by atoms with E-state index in [1.54, 1.807) is 4.90 Å². The molecule has 136 valence electrons. The second-order valence-electron chi connectivity index (χ2n) is 7.01. The summed E-state index contributed by atoms with van der Waals surface area (Å²) in [6, 6.07) is 8.43. The number of aliphatic hydroxyl groups excluding tert-OH is 1.